The molecule has 4 rings (SSSR count). The minimum absolute atomic E-state index is 0.0715. The number of nitrogens with zero attached hydrogens (tertiary/aromatic N) is 1. The van der Waals surface area contributed by atoms with Gasteiger partial charge in [-0.2, -0.15) is 0 Å². The average molecular weight is 475 g/mol. The number of fused-ring (bicyclic) bond motifs is 1. The van der Waals surface area contributed by atoms with E-state index >= 15 is 4.39 Å². The lowest BCUT2D eigenvalue weighted by atomic mass is 9.69. The summed E-state index contributed by atoms with van der Waals surface area (Å²) >= 11 is 0. The van der Waals surface area contributed by atoms with Gasteiger partial charge in [0.1, 0.15) is 0 Å². The van der Waals surface area contributed by atoms with Gasteiger partial charge in [0.15, 0.2) is 5.82 Å². The summed E-state index contributed by atoms with van der Waals surface area (Å²) in [5, 5.41) is 13.4. The second kappa shape index (κ2) is 10.3. The Morgan fingerprint density at radius 3 is 2.51 bits per heavy atom. The molecular formula is C29H31FN2O3. The minimum Gasteiger partial charge on any atom is -0.478 e. The summed E-state index contributed by atoms with van der Waals surface area (Å²) in [4.78, 5) is 26.4. The Morgan fingerprint density at radius 1 is 1.06 bits per heavy atom. The Balaban J connectivity index is 1.68. The zero-order chi connectivity index (χ0) is 25.0. The SMILES string of the molecule is CN(C)c1ccc2cccc(CC3(C(=O)Nc4cccc(/C=C/C(=O)O)c4)CCCCC3)c2c1F. The van der Waals surface area contributed by atoms with Crippen LogP contribution in [0.15, 0.2) is 60.7 Å². The van der Waals surface area contributed by atoms with Crippen LogP contribution in [0.2, 0.25) is 0 Å². The molecule has 1 fully saturated rings. The summed E-state index contributed by atoms with van der Waals surface area (Å²) in [7, 11) is 3.64. The summed E-state index contributed by atoms with van der Waals surface area (Å²) < 4.78 is 15.6. The summed E-state index contributed by atoms with van der Waals surface area (Å²) in [6.45, 7) is 0. The van der Waals surface area contributed by atoms with Gasteiger partial charge in [0.05, 0.1) is 11.1 Å². The smallest absolute Gasteiger partial charge is 0.328 e. The maximum Gasteiger partial charge on any atom is 0.328 e. The number of aliphatic carboxylic acids is 1. The Kier molecular flexibility index (Phi) is 7.20. The molecule has 35 heavy (non-hydrogen) atoms. The van der Waals surface area contributed by atoms with Crippen LogP contribution in [-0.2, 0) is 16.0 Å². The van der Waals surface area contributed by atoms with Crippen LogP contribution in [-0.4, -0.2) is 31.1 Å². The van der Waals surface area contributed by atoms with Crippen LogP contribution in [0.1, 0.15) is 43.2 Å². The predicted octanol–water partition coefficient (Wildman–Crippen LogP) is 6.27. The topological polar surface area (TPSA) is 69.6 Å². The maximum atomic E-state index is 15.6. The molecule has 6 heteroatoms. The van der Waals surface area contributed by atoms with E-state index in [2.05, 4.69) is 5.32 Å². The summed E-state index contributed by atoms with van der Waals surface area (Å²) in [5.41, 5.74) is 2.04. The van der Waals surface area contributed by atoms with Crippen LogP contribution >= 0.6 is 0 Å². The average Bonchev–Trinajstić information content (AvgIpc) is 2.83. The van der Waals surface area contributed by atoms with Crippen molar-refractivity contribution in [1.82, 2.24) is 0 Å². The highest BCUT2D eigenvalue weighted by Gasteiger charge is 2.40. The van der Waals surface area contributed by atoms with E-state index in [0.717, 1.165) is 49.1 Å². The molecule has 0 heterocycles. The number of carboxylic acids is 1. The van der Waals surface area contributed by atoms with E-state index in [9.17, 15) is 9.59 Å². The van der Waals surface area contributed by atoms with Gasteiger partial charge in [-0.25, -0.2) is 9.18 Å². The fraction of sp³-hybridized carbons (Fsp3) is 0.310. The number of anilines is 2. The van der Waals surface area contributed by atoms with Gasteiger partial charge >= 0.3 is 5.97 Å². The number of amides is 1. The number of hydrogen-bond acceptors (Lipinski definition) is 3. The number of carbonyl (C=O) groups excluding carboxylic acids is 1. The molecule has 1 saturated carbocycles. The number of benzene rings is 3. The van der Waals surface area contributed by atoms with Gasteiger partial charge in [0, 0.05) is 31.2 Å². The Labute approximate surface area is 205 Å². The van der Waals surface area contributed by atoms with Crippen molar-refractivity contribution in [2.24, 2.45) is 5.41 Å². The molecule has 0 atom stereocenters. The second-order valence-electron chi connectivity index (χ2n) is 9.58. The van der Waals surface area contributed by atoms with E-state index in [1.54, 1.807) is 35.2 Å². The molecule has 0 bridgehead atoms. The van der Waals surface area contributed by atoms with E-state index < -0.39 is 11.4 Å². The van der Waals surface area contributed by atoms with Gasteiger partial charge in [0.2, 0.25) is 5.91 Å². The monoisotopic (exact) mass is 474 g/mol. The molecule has 5 nitrogen and oxygen atoms in total. The van der Waals surface area contributed by atoms with Crippen LogP contribution in [0, 0.1) is 11.2 Å². The van der Waals surface area contributed by atoms with E-state index in [1.807, 2.05) is 38.4 Å². The number of hydrogen-bond donors (Lipinski definition) is 2. The molecule has 0 aliphatic heterocycles. The third kappa shape index (κ3) is 5.37. The largest absolute Gasteiger partial charge is 0.478 e. The van der Waals surface area contributed by atoms with Crippen molar-refractivity contribution >= 4 is 40.1 Å². The normalized spacial score (nSPS) is 15.3. The van der Waals surface area contributed by atoms with E-state index in [4.69, 9.17) is 5.11 Å². The van der Waals surface area contributed by atoms with Crippen LogP contribution < -0.4 is 10.2 Å². The Hall–Kier alpha value is -3.67. The molecule has 182 valence electrons. The van der Waals surface area contributed by atoms with Gasteiger partial charge in [-0.3, -0.25) is 4.79 Å². The number of rotatable bonds is 7. The summed E-state index contributed by atoms with van der Waals surface area (Å²) in [6, 6.07) is 16.6. The molecular weight excluding hydrogens is 443 g/mol. The van der Waals surface area contributed by atoms with Gasteiger partial charge in [-0.15, -0.1) is 0 Å². The second-order valence-corrected chi connectivity index (χ2v) is 9.58. The van der Waals surface area contributed by atoms with Crippen LogP contribution in [0.4, 0.5) is 15.8 Å². The first kappa shape index (κ1) is 24.5. The zero-order valence-electron chi connectivity index (χ0n) is 20.2. The molecule has 1 aliphatic rings. The van der Waals surface area contributed by atoms with Gasteiger partial charge in [-0.05, 0) is 60.1 Å². The zero-order valence-corrected chi connectivity index (χ0v) is 20.2. The van der Waals surface area contributed by atoms with E-state index in [-0.39, 0.29) is 11.7 Å². The molecule has 0 saturated heterocycles. The fourth-order valence-corrected chi connectivity index (χ4v) is 5.12. The van der Waals surface area contributed by atoms with Gasteiger partial charge in [-0.1, -0.05) is 55.7 Å². The molecule has 3 aromatic rings. The quantitative estimate of drug-likeness (QED) is 0.396. The molecule has 0 unspecified atom stereocenters. The van der Waals surface area contributed by atoms with Crippen molar-refractivity contribution < 1.29 is 19.1 Å². The molecule has 1 aliphatic carbocycles. The molecule has 1 amide bonds. The lowest BCUT2D eigenvalue weighted by Gasteiger charge is -2.36. The third-order valence-corrected chi connectivity index (χ3v) is 6.91. The van der Waals surface area contributed by atoms with Crippen molar-refractivity contribution in [3.63, 3.8) is 0 Å². The Morgan fingerprint density at radius 2 is 1.80 bits per heavy atom. The minimum atomic E-state index is -1.03. The van der Waals surface area contributed by atoms with Gasteiger partial charge < -0.3 is 15.3 Å². The van der Waals surface area contributed by atoms with Crippen molar-refractivity contribution in [1.29, 1.82) is 0 Å². The van der Waals surface area contributed by atoms with Crippen LogP contribution in [0.3, 0.4) is 0 Å². The lowest BCUT2D eigenvalue weighted by molar-refractivity contribution is -0.131. The highest BCUT2D eigenvalue weighted by atomic mass is 19.1. The molecule has 0 spiro atoms. The van der Waals surface area contributed by atoms with Crippen molar-refractivity contribution in [3.8, 4) is 0 Å². The number of carboxylic acid groups (broad SMARTS) is 1. The first-order chi connectivity index (χ1) is 16.8. The van der Waals surface area contributed by atoms with Crippen LogP contribution in [0.5, 0.6) is 0 Å². The van der Waals surface area contributed by atoms with Gasteiger partial charge in [0.25, 0.3) is 0 Å². The highest BCUT2D eigenvalue weighted by Crippen LogP contribution is 2.42. The molecule has 2 N–H and O–H groups in total. The standard InChI is InChI=1S/C29H31FN2O3/c1-32(2)24-14-13-21-9-7-10-22(26(21)27(24)30)19-29(16-4-3-5-17-29)28(35)31-23-11-6-8-20(18-23)12-15-25(33)34/h6-15,18H,3-5,16-17,19H2,1-2H3,(H,31,35)(H,33,34)/b15-12+. The van der Waals surface area contributed by atoms with Crippen LogP contribution in [0.25, 0.3) is 16.8 Å². The van der Waals surface area contributed by atoms with Crippen molar-refractivity contribution in [2.75, 3.05) is 24.3 Å². The predicted molar refractivity (Wildman–Crippen MR) is 139 cm³/mol. The first-order valence-electron chi connectivity index (χ1n) is 12.0. The molecule has 3 aromatic carbocycles. The number of carbonyl (C=O) groups is 2. The maximum absolute atomic E-state index is 15.6. The Bertz CT molecular complexity index is 1280. The van der Waals surface area contributed by atoms with E-state index in [1.165, 1.54) is 6.08 Å². The molecule has 0 aromatic heterocycles. The highest BCUT2D eigenvalue weighted by molar-refractivity contribution is 5.97. The summed E-state index contributed by atoms with van der Waals surface area (Å²) in [5.74, 6) is -1.36. The first-order valence-corrected chi connectivity index (χ1v) is 12.0. The fourth-order valence-electron chi connectivity index (χ4n) is 5.12. The molecule has 0 radical (unpaired) electrons. The number of halogens is 1. The summed E-state index contributed by atoms with van der Waals surface area (Å²) in [6.07, 6.45) is 7.49. The number of nitrogens with one attached hydrogen (secondary N) is 1. The van der Waals surface area contributed by atoms with E-state index in [0.29, 0.717) is 28.7 Å². The van der Waals surface area contributed by atoms with Crippen molar-refractivity contribution in [2.45, 2.75) is 38.5 Å². The third-order valence-electron chi connectivity index (χ3n) is 6.91. The lowest BCUT2D eigenvalue weighted by Crippen LogP contribution is -2.40. The van der Waals surface area contributed by atoms with Crippen molar-refractivity contribution in [3.05, 3.63) is 77.6 Å².